The summed E-state index contributed by atoms with van der Waals surface area (Å²) in [6.07, 6.45) is 6.09. The van der Waals surface area contributed by atoms with Crippen LogP contribution in [-0.2, 0) is 21.4 Å². The number of carbonyl (C=O) groups excluding carboxylic acids is 1. The van der Waals surface area contributed by atoms with Gasteiger partial charge in [-0.3, -0.25) is 4.79 Å². The number of ether oxygens (including phenoxy) is 1. The minimum Gasteiger partial charge on any atom is -0.487 e. The molecule has 1 amide bonds. The van der Waals surface area contributed by atoms with Crippen molar-refractivity contribution >= 4 is 27.3 Å². The molecule has 8 nitrogen and oxygen atoms in total. The van der Waals surface area contributed by atoms with Gasteiger partial charge in [-0.25, -0.2) is 17.7 Å². The SMILES string of the molecule is CS(=O)(=O)N1CCC(C(=O)Nc2cccc(OCc3cn4ccccc4n3)c2)CC1. The Kier molecular flexibility index (Phi) is 5.74. The lowest BCUT2D eigenvalue weighted by Crippen LogP contribution is -2.40. The number of aromatic nitrogens is 2. The van der Waals surface area contributed by atoms with Crippen molar-refractivity contribution < 1.29 is 17.9 Å². The number of anilines is 1. The van der Waals surface area contributed by atoms with Crippen LogP contribution in [0.25, 0.3) is 5.65 Å². The van der Waals surface area contributed by atoms with Gasteiger partial charge in [-0.1, -0.05) is 12.1 Å². The zero-order valence-corrected chi connectivity index (χ0v) is 17.5. The Morgan fingerprint density at radius 3 is 2.73 bits per heavy atom. The van der Waals surface area contributed by atoms with E-state index in [1.807, 2.05) is 47.1 Å². The quantitative estimate of drug-likeness (QED) is 0.651. The first-order valence-corrected chi connectivity index (χ1v) is 11.6. The molecule has 2 aromatic heterocycles. The zero-order chi connectivity index (χ0) is 21.1. The molecule has 9 heteroatoms. The molecule has 1 saturated heterocycles. The molecule has 0 aliphatic carbocycles. The number of benzene rings is 1. The number of imidazole rings is 1. The number of fused-ring (bicyclic) bond motifs is 1. The van der Waals surface area contributed by atoms with Crippen molar-refractivity contribution in [2.45, 2.75) is 19.4 Å². The summed E-state index contributed by atoms with van der Waals surface area (Å²) in [5.41, 5.74) is 2.32. The Morgan fingerprint density at radius 2 is 2.00 bits per heavy atom. The Bertz CT molecular complexity index is 1120. The molecule has 1 aromatic carbocycles. The maximum Gasteiger partial charge on any atom is 0.227 e. The predicted molar refractivity (Wildman–Crippen MR) is 114 cm³/mol. The van der Waals surface area contributed by atoms with Gasteiger partial charge in [0.15, 0.2) is 0 Å². The van der Waals surface area contributed by atoms with Crippen molar-refractivity contribution in [1.29, 1.82) is 0 Å². The Labute approximate surface area is 175 Å². The van der Waals surface area contributed by atoms with Crippen LogP contribution in [0.5, 0.6) is 5.75 Å². The van der Waals surface area contributed by atoms with E-state index in [-0.39, 0.29) is 11.8 Å². The highest BCUT2D eigenvalue weighted by atomic mass is 32.2. The Balaban J connectivity index is 1.33. The highest BCUT2D eigenvalue weighted by molar-refractivity contribution is 7.88. The lowest BCUT2D eigenvalue weighted by Gasteiger charge is -2.29. The van der Waals surface area contributed by atoms with E-state index in [2.05, 4.69) is 10.3 Å². The molecule has 1 fully saturated rings. The molecule has 0 saturated carbocycles. The summed E-state index contributed by atoms with van der Waals surface area (Å²) >= 11 is 0. The fourth-order valence-electron chi connectivity index (χ4n) is 3.57. The monoisotopic (exact) mass is 428 g/mol. The van der Waals surface area contributed by atoms with E-state index in [0.29, 0.717) is 44.0 Å². The highest BCUT2D eigenvalue weighted by Gasteiger charge is 2.28. The second-order valence-electron chi connectivity index (χ2n) is 7.44. The van der Waals surface area contributed by atoms with Crippen LogP contribution in [0, 0.1) is 5.92 Å². The summed E-state index contributed by atoms with van der Waals surface area (Å²) in [5, 5.41) is 2.92. The molecule has 0 unspecified atom stereocenters. The van der Waals surface area contributed by atoms with E-state index in [0.717, 1.165) is 11.3 Å². The molecular formula is C21H24N4O4S. The van der Waals surface area contributed by atoms with Crippen molar-refractivity contribution in [2.24, 2.45) is 5.92 Å². The summed E-state index contributed by atoms with van der Waals surface area (Å²) in [6, 6.07) is 13.0. The van der Waals surface area contributed by atoms with Gasteiger partial charge in [-0.2, -0.15) is 0 Å². The van der Waals surface area contributed by atoms with Crippen LogP contribution in [0.3, 0.4) is 0 Å². The van der Waals surface area contributed by atoms with Gasteiger partial charge in [0.05, 0.1) is 11.9 Å². The molecular weight excluding hydrogens is 404 g/mol. The number of hydrogen-bond donors (Lipinski definition) is 1. The summed E-state index contributed by atoms with van der Waals surface area (Å²) in [4.78, 5) is 17.1. The first-order valence-electron chi connectivity index (χ1n) is 9.80. The van der Waals surface area contributed by atoms with E-state index < -0.39 is 10.0 Å². The Morgan fingerprint density at radius 1 is 1.20 bits per heavy atom. The summed E-state index contributed by atoms with van der Waals surface area (Å²) in [5.74, 6) is 0.336. The minimum absolute atomic E-state index is 0.0966. The molecule has 158 valence electrons. The number of nitrogens with zero attached hydrogens (tertiary/aromatic N) is 3. The highest BCUT2D eigenvalue weighted by Crippen LogP contribution is 2.23. The van der Waals surface area contributed by atoms with Gasteiger partial charge in [0.2, 0.25) is 15.9 Å². The second kappa shape index (κ2) is 8.45. The number of pyridine rings is 1. The van der Waals surface area contributed by atoms with Gasteiger partial charge < -0.3 is 14.5 Å². The number of rotatable bonds is 6. The van der Waals surface area contributed by atoms with E-state index in [1.165, 1.54) is 10.6 Å². The molecule has 30 heavy (non-hydrogen) atoms. The van der Waals surface area contributed by atoms with Crippen molar-refractivity contribution in [1.82, 2.24) is 13.7 Å². The third-order valence-electron chi connectivity index (χ3n) is 5.20. The van der Waals surface area contributed by atoms with Gasteiger partial charge in [0, 0.05) is 43.2 Å². The molecule has 3 heterocycles. The number of nitrogens with one attached hydrogen (secondary N) is 1. The second-order valence-corrected chi connectivity index (χ2v) is 9.42. The van der Waals surface area contributed by atoms with Crippen LogP contribution in [0.1, 0.15) is 18.5 Å². The average Bonchev–Trinajstić information content (AvgIpc) is 3.15. The molecule has 1 N–H and O–H groups in total. The molecule has 4 rings (SSSR count). The van der Waals surface area contributed by atoms with Gasteiger partial charge in [-0.05, 0) is 37.1 Å². The summed E-state index contributed by atoms with van der Waals surface area (Å²) in [7, 11) is -3.20. The van der Waals surface area contributed by atoms with E-state index in [9.17, 15) is 13.2 Å². The number of amides is 1. The van der Waals surface area contributed by atoms with Crippen LogP contribution in [0.4, 0.5) is 5.69 Å². The largest absolute Gasteiger partial charge is 0.487 e. The van der Waals surface area contributed by atoms with Crippen LogP contribution in [0.2, 0.25) is 0 Å². The van der Waals surface area contributed by atoms with E-state index >= 15 is 0 Å². The number of hydrogen-bond acceptors (Lipinski definition) is 5. The van der Waals surface area contributed by atoms with Crippen LogP contribution in [0.15, 0.2) is 54.9 Å². The lowest BCUT2D eigenvalue weighted by molar-refractivity contribution is -0.120. The molecule has 3 aromatic rings. The van der Waals surface area contributed by atoms with Crippen molar-refractivity contribution in [3.05, 3.63) is 60.6 Å². The van der Waals surface area contributed by atoms with Gasteiger partial charge in [0.1, 0.15) is 18.0 Å². The van der Waals surface area contributed by atoms with Crippen LogP contribution < -0.4 is 10.1 Å². The number of piperidine rings is 1. The van der Waals surface area contributed by atoms with E-state index in [1.54, 1.807) is 12.1 Å². The van der Waals surface area contributed by atoms with Crippen molar-refractivity contribution in [3.63, 3.8) is 0 Å². The predicted octanol–water partition coefficient (Wildman–Crippen LogP) is 2.52. The van der Waals surface area contributed by atoms with Crippen LogP contribution in [-0.4, -0.2) is 47.4 Å². The standard InChI is InChI=1S/C21H24N4O4S/c1-30(27,28)25-11-8-16(9-12-25)21(26)23-17-5-4-6-19(13-17)29-15-18-14-24-10-3-2-7-20(24)22-18/h2-7,10,13-14,16H,8-9,11-12,15H2,1H3,(H,23,26). The first kappa shape index (κ1) is 20.4. The summed E-state index contributed by atoms with van der Waals surface area (Å²) < 4.78 is 32.4. The molecule has 0 atom stereocenters. The number of carbonyl (C=O) groups is 1. The third-order valence-corrected chi connectivity index (χ3v) is 6.50. The molecule has 0 bridgehead atoms. The van der Waals surface area contributed by atoms with Gasteiger partial charge in [-0.15, -0.1) is 0 Å². The molecule has 1 aliphatic heterocycles. The average molecular weight is 429 g/mol. The smallest absolute Gasteiger partial charge is 0.227 e. The normalized spacial score (nSPS) is 15.9. The summed E-state index contributed by atoms with van der Waals surface area (Å²) in [6.45, 7) is 1.07. The Hall–Kier alpha value is -2.91. The molecule has 1 aliphatic rings. The molecule has 0 radical (unpaired) electrons. The fraction of sp³-hybridized carbons (Fsp3) is 0.333. The maximum absolute atomic E-state index is 12.6. The lowest BCUT2D eigenvalue weighted by atomic mass is 9.97. The van der Waals surface area contributed by atoms with Crippen LogP contribution >= 0.6 is 0 Å². The van der Waals surface area contributed by atoms with E-state index in [4.69, 9.17) is 4.74 Å². The maximum atomic E-state index is 12.6. The zero-order valence-electron chi connectivity index (χ0n) is 16.7. The topological polar surface area (TPSA) is 93.0 Å². The first-order chi connectivity index (χ1) is 14.4. The van der Waals surface area contributed by atoms with Crippen molar-refractivity contribution in [3.8, 4) is 5.75 Å². The number of sulfonamides is 1. The molecule has 0 spiro atoms. The minimum atomic E-state index is -3.20. The van der Waals surface area contributed by atoms with Gasteiger partial charge >= 0.3 is 0 Å². The van der Waals surface area contributed by atoms with Crippen molar-refractivity contribution in [2.75, 3.05) is 24.7 Å². The fourth-order valence-corrected chi connectivity index (χ4v) is 4.45. The third kappa shape index (κ3) is 4.80. The van der Waals surface area contributed by atoms with Gasteiger partial charge in [0.25, 0.3) is 0 Å².